The van der Waals surface area contributed by atoms with Crippen molar-refractivity contribution in [2.75, 3.05) is 0 Å². The molecule has 0 rings (SSSR count). The van der Waals surface area contributed by atoms with Crippen molar-refractivity contribution in [3.05, 3.63) is 0 Å². The summed E-state index contributed by atoms with van der Waals surface area (Å²) in [5, 5.41) is 8.83. The summed E-state index contributed by atoms with van der Waals surface area (Å²) in [5.41, 5.74) is -0.458. The van der Waals surface area contributed by atoms with E-state index in [1.165, 1.54) is 0 Å². The third-order valence-corrected chi connectivity index (χ3v) is 0.865. The highest BCUT2D eigenvalue weighted by atomic mass is 16.3. The molecule has 5 N–H and O–H groups in total. The van der Waals surface area contributed by atoms with E-state index in [9.17, 15) is 0 Å². The lowest BCUT2D eigenvalue weighted by molar-refractivity contribution is 0.0765. The third kappa shape index (κ3) is 16.9. The van der Waals surface area contributed by atoms with Crippen LogP contribution in [0, 0.1) is 0 Å². The number of nitrogens with two attached hydrogens (primary N) is 2. The number of hydrogen-bond donors (Lipinski definition) is 3. The molecule has 0 unspecified atom stereocenters. The minimum atomic E-state index is -0.458. The van der Waals surface area contributed by atoms with Crippen LogP contribution in [0.15, 0.2) is 0 Å². The zero-order chi connectivity index (χ0) is 7.21. The monoisotopic (exact) mass is 120 g/mol. The normalized spacial score (nSPS) is 9.75. The summed E-state index contributed by atoms with van der Waals surface area (Å²) in [6.07, 6.45) is 0.826. The van der Waals surface area contributed by atoms with Gasteiger partial charge in [0.2, 0.25) is 0 Å². The van der Waals surface area contributed by atoms with Crippen molar-refractivity contribution in [3.8, 4) is 0 Å². The Kier molecular flexibility index (Phi) is 6.78. The lowest BCUT2D eigenvalue weighted by Gasteiger charge is -2.11. The van der Waals surface area contributed by atoms with Crippen LogP contribution in [0.25, 0.3) is 0 Å². The fourth-order valence-corrected chi connectivity index (χ4v) is 0. The van der Waals surface area contributed by atoms with Crippen molar-refractivity contribution in [1.29, 1.82) is 0 Å². The Labute approximate surface area is 50.6 Å². The van der Waals surface area contributed by atoms with Gasteiger partial charge in [-0.2, -0.15) is 0 Å². The first-order valence-electron chi connectivity index (χ1n) is 2.62. The number of aliphatic hydroxyl groups is 1. The molecule has 0 saturated heterocycles. The first kappa shape index (κ1) is 10.8. The van der Waals surface area contributed by atoms with Gasteiger partial charge in [0.1, 0.15) is 0 Å². The number of hydrazine groups is 1. The molecule has 0 bridgehead atoms. The first-order chi connectivity index (χ1) is 3.56. The van der Waals surface area contributed by atoms with Crippen molar-refractivity contribution >= 4 is 0 Å². The summed E-state index contributed by atoms with van der Waals surface area (Å²) in [7, 11) is 0. The predicted octanol–water partition coefficient (Wildman–Crippen LogP) is -0.0139. The van der Waals surface area contributed by atoms with E-state index in [0.717, 1.165) is 6.42 Å². The van der Waals surface area contributed by atoms with Gasteiger partial charge in [0.25, 0.3) is 0 Å². The van der Waals surface area contributed by atoms with Crippen LogP contribution in [-0.4, -0.2) is 10.7 Å². The summed E-state index contributed by atoms with van der Waals surface area (Å²) in [5.74, 6) is 8.00. The van der Waals surface area contributed by atoms with E-state index in [-0.39, 0.29) is 0 Å². The zero-order valence-electron chi connectivity index (χ0n) is 5.81. The fourth-order valence-electron chi connectivity index (χ4n) is 0. The van der Waals surface area contributed by atoms with E-state index < -0.39 is 5.60 Å². The van der Waals surface area contributed by atoms with Crippen LogP contribution in [0.1, 0.15) is 27.2 Å². The molecule has 0 spiro atoms. The Morgan fingerprint density at radius 2 is 1.50 bits per heavy atom. The molecule has 0 aliphatic heterocycles. The summed E-state index contributed by atoms with van der Waals surface area (Å²) < 4.78 is 0. The van der Waals surface area contributed by atoms with Crippen molar-refractivity contribution < 1.29 is 5.11 Å². The minimum absolute atomic E-state index is 0.458. The second-order valence-corrected chi connectivity index (χ2v) is 2.17. The molecule has 0 aromatic rings. The van der Waals surface area contributed by atoms with Gasteiger partial charge in [-0.25, -0.2) is 0 Å². The molecule has 0 amide bonds. The van der Waals surface area contributed by atoms with Crippen molar-refractivity contribution in [2.45, 2.75) is 32.8 Å². The molecule has 0 aliphatic carbocycles. The highest BCUT2D eigenvalue weighted by molar-refractivity contribution is 4.59. The van der Waals surface area contributed by atoms with Crippen LogP contribution in [-0.2, 0) is 0 Å². The summed E-state index contributed by atoms with van der Waals surface area (Å²) >= 11 is 0. The molecular formula is C5H16N2O. The largest absolute Gasteiger partial charge is 0.390 e. The Bertz CT molecular complexity index is 40.2. The van der Waals surface area contributed by atoms with Gasteiger partial charge in [-0.1, -0.05) is 6.92 Å². The maximum absolute atomic E-state index is 8.83. The molecular weight excluding hydrogens is 104 g/mol. The smallest absolute Gasteiger partial charge is 0.0589 e. The Morgan fingerprint density at radius 3 is 1.50 bits per heavy atom. The molecule has 0 aromatic heterocycles. The fraction of sp³-hybridized carbons (Fsp3) is 1.00. The number of rotatable bonds is 1. The predicted molar refractivity (Wildman–Crippen MR) is 35.0 cm³/mol. The Morgan fingerprint density at radius 1 is 1.38 bits per heavy atom. The molecule has 3 nitrogen and oxygen atoms in total. The standard InChI is InChI=1S/C5H12O.H4N2/c1-4-5(2,3)6;1-2/h6H,4H2,1-3H3;1-2H2. The van der Waals surface area contributed by atoms with E-state index in [4.69, 9.17) is 5.11 Å². The van der Waals surface area contributed by atoms with Gasteiger partial charge in [0, 0.05) is 0 Å². The van der Waals surface area contributed by atoms with Gasteiger partial charge < -0.3 is 5.11 Å². The lowest BCUT2D eigenvalue weighted by atomic mass is 10.1. The highest BCUT2D eigenvalue weighted by Gasteiger charge is 2.05. The molecule has 0 heterocycles. The van der Waals surface area contributed by atoms with Crippen LogP contribution in [0.5, 0.6) is 0 Å². The summed E-state index contributed by atoms with van der Waals surface area (Å²) in [6.45, 7) is 5.56. The van der Waals surface area contributed by atoms with Gasteiger partial charge in [0.05, 0.1) is 5.60 Å². The van der Waals surface area contributed by atoms with E-state index in [2.05, 4.69) is 11.7 Å². The van der Waals surface area contributed by atoms with Gasteiger partial charge in [-0.3, -0.25) is 11.7 Å². The number of hydrogen-bond acceptors (Lipinski definition) is 3. The van der Waals surface area contributed by atoms with Gasteiger partial charge >= 0.3 is 0 Å². The van der Waals surface area contributed by atoms with Gasteiger partial charge in [-0.05, 0) is 20.3 Å². The molecule has 0 radical (unpaired) electrons. The summed E-state index contributed by atoms with van der Waals surface area (Å²) in [6, 6.07) is 0. The molecule has 0 aromatic carbocycles. The quantitative estimate of drug-likeness (QED) is 0.336. The van der Waals surface area contributed by atoms with Gasteiger partial charge in [-0.15, -0.1) is 0 Å². The van der Waals surface area contributed by atoms with Crippen LogP contribution < -0.4 is 11.7 Å². The minimum Gasteiger partial charge on any atom is -0.390 e. The molecule has 0 fully saturated rings. The molecule has 8 heavy (non-hydrogen) atoms. The molecule has 0 atom stereocenters. The summed E-state index contributed by atoms with van der Waals surface area (Å²) in [4.78, 5) is 0. The average Bonchev–Trinajstić information content (AvgIpc) is 1.71. The zero-order valence-corrected chi connectivity index (χ0v) is 5.81. The first-order valence-corrected chi connectivity index (χ1v) is 2.62. The maximum atomic E-state index is 8.83. The van der Waals surface area contributed by atoms with Crippen molar-refractivity contribution in [2.24, 2.45) is 11.7 Å². The topological polar surface area (TPSA) is 72.3 Å². The second-order valence-electron chi connectivity index (χ2n) is 2.17. The van der Waals surface area contributed by atoms with E-state index >= 15 is 0 Å². The molecule has 52 valence electrons. The van der Waals surface area contributed by atoms with E-state index in [0.29, 0.717) is 0 Å². The van der Waals surface area contributed by atoms with Gasteiger partial charge in [0.15, 0.2) is 0 Å². The van der Waals surface area contributed by atoms with Crippen LogP contribution >= 0.6 is 0 Å². The second kappa shape index (κ2) is 5.03. The Hall–Kier alpha value is -0.120. The van der Waals surface area contributed by atoms with Crippen LogP contribution in [0.2, 0.25) is 0 Å². The molecule has 0 saturated carbocycles. The maximum Gasteiger partial charge on any atom is 0.0589 e. The highest BCUT2D eigenvalue weighted by Crippen LogP contribution is 2.03. The third-order valence-electron chi connectivity index (χ3n) is 0.865. The van der Waals surface area contributed by atoms with E-state index in [1.54, 1.807) is 13.8 Å². The lowest BCUT2D eigenvalue weighted by Crippen LogP contribution is -2.15. The van der Waals surface area contributed by atoms with Crippen molar-refractivity contribution in [1.82, 2.24) is 0 Å². The van der Waals surface area contributed by atoms with Crippen LogP contribution in [0.3, 0.4) is 0 Å². The molecule has 0 aliphatic rings. The molecule has 3 heteroatoms. The SMILES string of the molecule is CCC(C)(C)O.NN. The Balaban J connectivity index is 0. The van der Waals surface area contributed by atoms with E-state index in [1.807, 2.05) is 6.92 Å². The average molecular weight is 120 g/mol. The van der Waals surface area contributed by atoms with Crippen LogP contribution in [0.4, 0.5) is 0 Å². The van der Waals surface area contributed by atoms with Crippen molar-refractivity contribution in [3.63, 3.8) is 0 Å².